The number of halogens is 1. The predicted octanol–water partition coefficient (Wildman–Crippen LogP) is -0.451. The van der Waals surface area contributed by atoms with Crippen LogP contribution < -0.4 is 11.1 Å². The van der Waals surface area contributed by atoms with Gasteiger partial charge in [-0.3, -0.25) is 24.6 Å². The largest absolute Gasteiger partial charge is 0.504 e. The molecule has 12 nitrogen and oxygen atoms in total. The Labute approximate surface area is 158 Å². The molecular weight excluding hydrogens is 401 g/mol. The molecule has 0 radical (unpaired) electrons. The molecule has 1 aliphatic rings. The lowest BCUT2D eigenvalue weighted by Crippen LogP contribution is -2.25. The number of nitrogens with one attached hydrogen (secondary N) is 3. The van der Waals surface area contributed by atoms with Crippen molar-refractivity contribution < 1.29 is 36.9 Å². The van der Waals surface area contributed by atoms with Gasteiger partial charge >= 0.3 is 10.4 Å². The molecule has 1 aromatic heterocycles. The number of hydrogen-bond acceptors (Lipinski definition) is 7. The van der Waals surface area contributed by atoms with Crippen LogP contribution in [0.15, 0.2) is 12.3 Å². The lowest BCUT2D eigenvalue weighted by molar-refractivity contribution is -0.118. The molecule has 2 aromatic rings. The van der Waals surface area contributed by atoms with Gasteiger partial charge in [-0.1, -0.05) is 0 Å². The van der Waals surface area contributed by atoms with Crippen LogP contribution in [0.2, 0.25) is 0 Å². The van der Waals surface area contributed by atoms with E-state index in [0.29, 0.717) is 24.9 Å². The Morgan fingerprint density at radius 3 is 2.32 bits per heavy atom. The van der Waals surface area contributed by atoms with Gasteiger partial charge in [-0.05, 0) is 24.6 Å². The number of benzene rings is 1. The van der Waals surface area contributed by atoms with E-state index in [1.54, 1.807) is 18.1 Å². The van der Waals surface area contributed by atoms with E-state index in [2.05, 4.69) is 10.3 Å². The Morgan fingerprint density at radius 2 is 1.93 bits per heavy atom. The number of likely N-dealkylation sites (N-methyl/N-ethyl adjacent to an activating group) is 1. The standard InChI is InChI=1S/C10H11FN2O2.C4H7N3O.H2O4S/c11-8-9-6(3-7(14)10(8)15)5(1-2-12)4-13-9;1-7-2-3(8)6-4(7)5;1-5(2,3)4/h3-4,13-15H,1-2,12H2;2H2,1H3,(H2,5,6,8);(H2,1,2,3,4). The summed E-state index contributed by atoms with van der Waals surface area (Å²) in [5.74, 6) is -1.94. The van der Waals surface area contributed by atoms with Gasteiger partial charge in [0.2, 0.25) is 5.91 Å². The maximum absolute atomic E-state index is 13.4. The third kappa shape index (κ3) is 6.66. The summed E-state index contributed by atoms with van der Waals surface area (Å²) in [6.45, 7) is 0.759. The molecule has 0 saturated carbocycles. The monoisotopic (exact) mass is 421 g/mol. The third-order valence-corrected chi connectivity index (χ3v) is 3.39. The van der Waals surface area contributed by atoms with Crippen molar-refractivity contribution in [2.24, 2.45) is 5.73 Å². The molecule has 28 heavy (non-hydrogen) atoms. The number of amides is 1. The highest BCUT2D eigenvalue weighted by Crippen LogP contribution is 2.35. The zero-order valence-corrected chi connectivity index (χ0v) is 15.4. The van der Waals surface area contributed by atoms with Crippen molar-refractivity contribution in [3.05, 3.63) is 23.6 Å². The predicted molar refractivity (Wildman–Crippen MR) is 97.0 cm³/mol. The van der Waals surface area contributed by atoms with Crippen molar-refractivity contribution >= 4 is 33.2 Å². The van der Waals surface area contributed by atoms with E-state index in [1.165, 1.54) is 6.07 Å². The van der Waals surface area contributed by atoms with Gasteiger partial charge in [-0.15, -0.1) is 0 Å². The molecule has 1 amide bonds. The van der Waals surface area contributed by atoms with Crippen LogP contribution >= 0.6 is 0 Å². The molecule has 0 atom stereocenters. The molecule has 0 unspecified atom stereocenters. The van der Waals surface area contributed by atoms with E-state index >= 15 is 0 Å². The van der Waals surface area contributed by atoms with Gasteiger partial charge in [0.1, 0.15) is 0 Å². The summed E-state index contributed by atoms with van der Waals surface area (Å²) in [7, 11) is -2.97. The van der Waals surface area contributed by atoms with Crippen molar-refractivity contribution in [2.45, 2.75) is 6.42 Å². The minimum Gasteiger partial charge on any atom is -0.504 e. The van der Waals surface area contributed by atoms with Crippen LogP contribution in [0.25, 0.3) is 10.9 Å². The van der Waals surface area contributed by atoms with Crippen LogP contribution in [0.1, 0.15) is 5.56 Å². The molecule has 0 aliphatic carbocycles. The maximum Gasteiger partial charge on any atom is 0.394 e. The number of aromatic amines is 1. The summed E-state index contributed by atoms with van der Waals surface area (Å²) in [6.07, 6.45) is 2.21. The number of nitrogens with zero attached hydrogens (tertiary/aromatic N) is 1. The average molecular weight is 421 g/mol. The van der Waals surface area contributed by atoms with E-state index in [-0.39, 0.29) is 17.4 Å². The highest BCUT2D eigenvalue weighted by atomic mass is 32.3. The van der Waals surface area contributed by atoms with Crippen LogP contribution in [0.3, 0.4) is 0 Å². The minimum absolute atomic E-state index is 0.0995. The molecule has 156 valence electrons. The van der Waals surface area contributed by atoms with Crippen molar-refractivity contribution in [3.63, 3.8) is 0 Å². The number of H-pyrrole nitrogens is 1. The second-order valence-corrected chi connectivity index (χ2v) is 6.43. The third-order valence-electron chi connectivity index (χ3n) is 3.39. The van der Waals surface area contributed by atoms with Crippen molar-refractivity contribution in [1.82, 2.24) is 15.2 Å². The van der Waals surface area contributed by atoms with Crippen molar-refractivity contribution in [1.29, 1.82) is 5.41 Å². The lowest BCUT2D eigenvalue weighted by atomic mass is 10.1. The maximum atomic E-state index is 13.4. The Kier molecular flexibility index (Phi) is 7.69. The number of guanidine groups is 1. The topological polar surface area (TPSA) is 213 Å². The Hall–Kier alpha value is -2.94. The van der Waals surface area contributed by atoms with E-state index in [1.807, 2.05) is 0 Å². The summed E-state index contributed by atoms with van der Waals surface area (Å²) < 4.78 is 45.0. The van der Waals surface area contributed by atoms with Gasteiger partial charge in [-0.2, -0.15) is 8.42 Å². The minimum atomic E-state index is -4.67. The van der Waals surface area contributed by atoms with Crippen LogP contribution in [0.4, 0.5) is 4.39 Å². The smallest absolute Gasteiger partial charge is 0.394 e. The fourth-order valence-electron chi connectivity index (χ4n) is 2.18. The lowest BCUT2D eigenvalue weighted by Gasteiger charge is -2.03. The quantitative estimate of drug-likeness (QED) is 0.232. The molecule has 14 heteroatoms. The van der Waals surface area contributed by atoms with Crippen LogP contribution in [0.5, 0.6) is 11.5 Å². The van der Waals surface area contributed by atoms with Gasteiger partial charge in [0.15, 0.2) is 23.3 Å². The Morgan fingerprint density at radius 1 is 1.36 bits per heavy atom. The molecule has 1 saturated heterocycles. The first-order valence-corrected chi connectivity index (χ1v) is 8.94. The molecule has 9 N–H and O–H groups in total. The molecule has 0 bridgehead atoms. The van der Waals surface area contributed by atoms with Crippen molar-refractivity contribution in [2.75, 3.05) is 20.1 Å². The second kappa shape index (κ2) is 9.32. The van der Waals surface area contributed by atoms with Gasteiger partial charge in [0.05, 0.1) is 12.1 Å². The summed E-state index contributed by atoms with van der Waals surface area (Å²) in [6, 6.07) is 1.33. The number of phenolic OH excluding ortho intramolecular Hbond substituents is 2. The fourth-order valence-corrected chi connectivity index (χ4v) is 2.18. The van der Waals surface area contributed by atoms with E-state index < -0.39 is 27.7 Å². The summed E-state index contributed by atoms with van der Waals surface area (Å²) in [5, 5.41) is 28.3. The molecule has 1 aliphatic heterocycles. The van der Waals surface area contributed by atoms with Crippen LogP contribution in [0, 0.1) is 11.2 Å². The molecular formula is C14H20FN5O7S. The molecule has 1 fully saturated rings. The molecule has 3 rings (SSSR count). The van der Waals surface area contributed by atoms with Gasteiger partial charge in [0.25, 0.3) is 0 Å². The highest BCUT2D eigenvalue weighted by Gasteiger charge is 2.18. The van der Waals surface area contributed by atoms with Crippen LogP contribution in [-0.4, -0.2) is 69.6 Å². The number of rotatable bonds is 2. The highest BCUT2D eigenvalue weighted by molar-refractivity contribution is 7.79. The zero-order chi connectivity index (χ0) is 21.6. The first kappa shape index (κ1) is 23.1. The second-order valence-electron chi connectivity index (χ2n) is 5.53. The Balaban J connectivity index is 0.000000253. The van der Waals surface area contributed by atoms with Gasteiger partial charge in [0, 0.05) is 18.6 Å². The molecule has 2 heterocycles. The number of aromatic nitrogens is 1. The van der Waals surface area contributed by atoms with E-state index in [4.69, 9.17) is 28.7 Å². The summed E-state index contributed by atoms with van der Waals surface area (Å²) >= 11 is 0. The number of carbonyl (C=O) groups is 1. The van der Waals surface area contributed by atoms with Crippen molar-refractivity contribution in [3.8, 4) is 11.5 Å². The first-order valence-electron chi connectivity index (χ1n) is 7.55. The Bertz CT molecular complexity index is 968. The molecule has 1 aromatic carbocycles. The summed E-state index contributed by atoms with van der Waals surface area (Å²) in [4.78, 5) is 14.6. The van der Waals surface area contributed by atoms with Crippen LogP contribution in [-0.2, 0) is 21.6 Å². The number of carbonyl (C=O) groups excluding carboxylic acids is 1. The number of aromatic hydroxyl groups is 2. The van der Waals surface area contributed by atoms with E-state index in [0.717, 1.165) is 5.56 Å². The van der Waals surface area contributed by atoms with Gasteiger partial charge in [-0.25, -0.2) is 4.39 Å². The first-order chi connectivity index (χ1) is 12.8. The summed E-state index contributed by atoms with van der Waals surface area (Å²) in [5.41, 5.74) is 6.41. The number of hydrogen-bond donors (Lipinski definition) is 8. The fraction of sp³-hybridized carbons (Fsp3) is 0.286. The average Bonchev–Trinajstić information content (AvgIpc) is 3.07. The number of phenols is 2. The normalized spacial score (nSPS) is 13.5. The zero-order valence-electron chi connectivity index (χ0n) is 14.6. The SMILES string of the molecule is CN1CC(=O)NC1=N.NCCc1c[nH]c2c(F)c(O)c(O)cc12.O=S(=O)(O)O. The van der Waals surface area contributed by atoms with E-state index in [9.17, 15) is 19.4 Å². The number of fused-ring (bicyclic) bond motifs is 1. The van der Waals surface area contributed by atoms with Gasteiger partial charge < -0.3 is 25.8 Å². The molecule has 0 spiro atoms. The number of nitrogens with two attached hydrogens (primary N) is 1.